The van der Waals surface area contributed by atoms with Crippen molar-refractivity contribution < 1.29 is 0 Å². The molecule has 1 aliphatic rings. The van der Waals surface area contributed by atoms with Gasteiger partial charge in [0.15, 0.2) is 0 Å². The molecule has 0 saturated carbocycles. The third kappa shape index (κ3) is 3.53. The summed E-state index contributed by atoms with van der Waals surface area (Å²) in [5.41, 5.74) is 0. The van der Waals surface area contributed by atoms with Gasteiger partial charge in [-0.1, -0.05) is 13.3 Å². The Hall–Kier alpha value is -0.900. The second kappa shape index (κ2) is 6.15. The number of hydrogen-bond donors (Lipinski definition) is 0. The lowest BCUT2D eigenvalue weighted by molar-refractivity contribution is 0.268. The van der Waals surface area contributed by atoms with Crippen LogP contribution in [0.5, 0.6) is 0 Å². The molecule has 1 fully saturated rings. The van der Waals surface area contributed by atoms with E-state index < -0.39 is 0 Å². The Morgan fingerprint density at radius 1 is 1.29 bits per heavy atom. The number of nitrogens with zero attached hydrogens (tertiary/aromatic N) is 4. The van der Waals surface area contributed by atoms with Gasteiger partial charge in [-0.2, -0.15) is 0 Å². The van der Waals surface area contributed by atoms with Crippen molar-refractivity contribution in [2.45, 2.75) is 46.1 Å². The van der Waals surface area contributed by atoms with Gasteiger partial charge in [-0.25, -0.2) is 0 Å². The third-order valence-electron chi connectivity index (χ3n) is 3.98. The molecule has 2 rings (SSSR count). The van der Waals surface area contributed by atoms with Gasteiger partial charge in [0.25, 0.3) is 0 Å². The molecule has 0 aliphatic carbocycles. The summed E-state index contributed by atoms with van der Waals surface area (Å²) in [4.78, 5) is 2.59. The highest BCUT2D eigenvalue weighted by Gasteiger charge is 2.15. The standard InChI is InChI=1S/C13H24N4/c1-3-13-5-4-7-16(8-6-13)9-10-17-11-14-15-12(17)2/h11,13H,3-10H2,1-2H3. The maximum atomic E-state index is 4.02. The van der Waals surface area contributed by atoms with Gasteiger partial charge >= 0.3 is 0 Å². The smallest absolute Gasteiger partial charge is 0.129 e. The van der Waals surface area contributed by atoms with Crippen LogP contribution in [0.15, 0.2) is 6.33 Å². The fourth-order valence-electron chi connectivity index (χ4n) is 2.64. The molecule has 1 aromatic rings. The number of hydrogen-bond acceptors (Lipinski definition) is 3. The van der Waals surface area contributed by atoms with Crippen molar-refractivity contribution in [3.8, 4) is 0 Å². The van der Waals surface area contributed by atoms with Gasteiger partial charge in [0, 0.05) is 13.1 Å². The molecule has 0 aromatic carbocycles. The van der Waals surface area contributed by atoms with Crippen molar-refractivity contribution in [3.05, 3.63) is 12.2 Å². The summed E-state index contributed by atoms with van der Waals surface area (Å²) < 4.78 is 2.14. The van der Waals surface area contributed by atoms with E-state index in [1.54, 1.807) is 0 Å². The average molecular weight is 236 g/mol. The minimum Gasteiger partial charge on any atom is -0.317 e. The normalized spacial score (nSPS) is 22.6. The Balaban J connectivity index is 1.78. The van der Waals surface area contributed by atoms with Crippen LogP contribution in [0.25, 0.3) is 0 Å². The molecule has 2 heterocycles. The van der Waals surface area contributed by atoms with E-state index in [4.69, 9.17) is 0 Å². The molecule has 1 aliphatic heterocycles. The summed E-state index contributed by atoms with van der Waals surface area (Å²) >= 11 is 0. The molecule has 0 amide bonds. The Labute approximate surface area is 104 Å². The van der Waals surface area contributed by atoms with Crippen LogP contribution in [-0.2, 0) is 6.54 Å². The lowest BCUT2D eigenvalue weighted by Gasteiger charge is -2.20. The zero-order chi connectivity index (χ0) is 12.1. The highest BCUT2D eigenvalue weighted by Crippen LogP contribution is 2.19. The quantitative estimate of drug-likeness (QED) is 0.803. The lowest BCUT2D eigenvalue weighted by atomic mass is 9.98. The van der Waals surface area contributed by atoms with Gasteiger partial charge in [-0.15, -0.1) is 10.2 Å². The number of aromatic nitrogens is 3. The molecule has 1 aromatic heterocycles. The molecule has 0 bridgehead atoms. The highest BCUT2D eigenvalue weighted by molar-refractivity contribution is 4.80. The lowest BCUT2D eigenvalue weighted by Crippen LogP contribution is -2.28. The highest BCUT2D eigenvalue weighted by atomic mass is 15.3. The molecule has 0 radical (unpaired) electrons. The number of rotatable bonds is 4. The average Bonchev–Trinajstić information content (AvgIpc) is 2.63. The minimum absolute atomic E-state index is 0.955. The Kier molecular flexibility index (Phi) is 4.54. The fourth-order valence-corrected chi connectivity index (χ4v) is 2.64. The second-order valence-electron chi connectivity index (χ2n) is 5.12. The molecule has 0 N–H and O–H groups in total. The van der Waals surface area contributed by atoms with Crippen LogP contribution in [0.4, 0.5) is 0 Å². The van der Waals surface area contributed by atoms with Crippen molar-refractivity contribution in [2.75, 3.05) is 19.6 Å². The molecule has 1 saturated heterocycles. The molecule has 4 nitrogen and oxygen atoms in total. The SMILES string of the molecule is CCC1CCCN(CCn2cnnc2C)CC1. The molecular formula is C13H24N4. The monoisotopic (exact) mass is 236 g/mol. The summed E-state index contributed by atoms with van der Waals surface area (Å²) in [6.07, 6.45) is 7.33. The number of likely N-dealkylation sites (tertiary alicyclic amines) is 1. The number of aryl methyl sites for hydroxylation is 1. The Morgan fingerprint density at radius 3 is 2.88 bits per heavy atom. The summed E-state index contributed by atoms with van der Waals surface area (Å²) in [5, 5.41) is 7.94. The van der Waals surface area contributed by atoms with Crippen molar-refractivity contribution in [1.82, 2.24) is 19.7 Å². The van der Waals surface area contributed by atoms with Gasteiger partial charge in [-0.05, 0) is 45.2 Å². The van der Waals surface area contributed by atoms with Gasteiger partial charge in [0.1, 0.15) is 12.2 Å². The van der Waals surface area contributed by atoms with Crippen molar-refractivity contribution in [3.63, 3.8) is 0 Å². The summed E-state index contributed by atoms with van der Waals surface area (Å²) in [6.45, 7) is 9.02. The molecule has 1 unspecified atom stereocenters. The van der Waals surface area contributed by atoms with Crippen LogP contribution in [0, 0.1) is 12.8 Å². The van der Waals surface area contributed by atoms with Crippen LogP contribution in [0.3, 0.4) is 0 Å². The first kappa shape index (κ1) is 12.6. The maximum Gasteiger partial charge on any atom is 0.129 e. The second-order valence-corrected chi connectivity index (χ2v) is 5.12. The van der Waals surface area contributed by atoms with Crippen LogP contribution in [-0.4, -0.2) is 39.3 Å². The first-order valence-electron chi connectivity index (χ1n) is 6.86. The summed E-state index contributed by atoms with van der Waals surface area (Å²) in [5.74, 6) is 1.97. The third-order valence-corrected chi connectivity index (χ3v) is 3.98. The van der Waals surface area contributed by atoms with Crippen LogP contribution in [0.1, 0.15) is 38.4 Å². The van der Waals surface area contributed by atoms with E-state index in [2.05, 4.69) is 26.6 Å². The largest absolute Gasteiger partial charge is 0.317 e. The molecule has 17 heavy (non-hydrogen) atoms. The van der Waals surface area contributed by atoms with E-state index in [9.17, 15) is 0 Å². The van der Waals surface area contributed by atoms with E-state index in [0.29, 0.717) is 0 Å². The maximum absolute atomic E-state index is 4.02. The van der Waals surface area contributed by atoms with Gasteiger partial charge < -0.3 is 9.47 Å². The predicted octanol–water partition coefficient (Wildman–Crippen LogP) is 2.10. The Morgan fingerprint density at radius 2 is 2.18 bits per heavy atom. The first-order chi connectivity index (χ1) is 8.29. The zero-order valence-corrected chi connectivity index (χ0v) is 11.1. The summed E-state index contributed by atoms with van der Waals surface area (Å²) in [7, 11) is 0. The molecule has 0 spiro atoms. The van der Waals surface area contributed by atoms with Crippen LogP contribution < -0.4 is 0 Å². The van der Waals surface area contributed by atoms with E-state index >= 15 is 0 Å². The van der Waals surface area contributed by atoms with Gasteiger partial charge in [0.05, 0.1) is 0 Å². The van der Waals surface area contributed by atoms with Crippen molar-refractivity contribution >= 4 is 0 Å². The van der Waals surface area contributed by atoms with Gasteiger partial charge in [0.2, 0.25) is 0 Å². The van der Waals surface area contributed by atoms with Crippen molar-refractivity contribution in [2.24, 2.45) is 5.92 Å². The zero-order valence-electron chi connectivity index (χ0n) is 11.1. The Bertz CT molecular complexity index is 334. The van der Waals surface area contributed by atoms with Gasteiger partial charge in [-0.3, -0.25) is 0 Å². The topological polar surface area (TPSA) is 34.0 Å². The molecular weight excluding hydrogens is 212 g/mol. The van der Waals surface area contributed by atoms with E-state index in [1.165, 1.54) is 38.8 Å². The summed E-state index contributed by atoms with van der Waals surface area (Å²) in [6, 6.07) is 0. The predicted molar refractivity (Wildman–Crippen MR) is 68.8 cm³/mol. The minimum atomic E-state index is 0.955. The molecule has 1 atom stereocenters. The van der Waals surface area contributed by atoms with Crippen molar-refractivity contribution in [1.29, 1.82) is 0 Å². The first-order valence-corrected chi connectivity index (χ1v) is 6.86. The van der Waals surface area contributed by atoms with Crippen LogP contribution >= 0.6 is 0 Å². The van der Waals surface area contributed by atoms with E-state index in [1.807, 2.05) is 13.3 Å². The fraction of sp³-hybridized carbons (Fsp3) is 0.846. The van der Waals surface area contributed by atoms with Crippen LogP contribution in [0.2, 0.25) is 0 Å². The molecule has 4 heteroatoms. The van der Waals surface area contributed by atoms with E-state index in [0.717, 1.165) is 24.8 Å². The molecule has 96 valence electrons. The van der Waals surface area contributed by atoms with E-state index in [-0.39, 0.29) is 0 Å².